The summed E-state index contributed by atoms with van der Waals surface area (Å²) in [4.78, 5) is 7.23. The summed E-state index contributed by atoms with van der Waals surface area (Å²) in [6.07, 6.45) is 6.57. The predicted octanol–water partition coefficient (Wildman–Crippen LogP) is 2.97. The van der Waals surface area contributed by atoms with E-state index >= 15 is 0 Å². The van der Waals surface area contributed by atoms with Gasteiger partial charge in [0.1, 0.15) is 0 Å². The Hall–Kier alpha value is 0.110. The van der Waals surface area contributed by atoms with Gasteiger partial charge >= 0.3 is 0 Å². The molecule has 0 aromatic rings. The normalized spacial score (nSPS) is 18.2. The van der Waals surface area contributed by atoms with Crippen LogP contribution in [-0.2, 0) is 10.8 Å². The molecule has 0 amide bonds. The van der Waals surface area contributed by atoms with Crippen LogP contribution in [0.1, 0.15) is 59.8 Å². The quantitative estimate of drug-likeness (QED) is 0.240. The smallest absolute Gasteiger partial charge is 0.191 e. The second kappa shape index (κ2) is 14.2. The van der Waals surface area contributed by atoms with Gasteiger partial charge in [0, 0.05) is 40.9 Å². The van der Waals surface area contributed by atoms with Crippen molar-refractivity contribution >= 4 is 40.7 Å². The molecular weight excluding hydrogens is 447 g/mol. The SMILES string of the molecule is CCNC(=NCCCN1CCCCCC1)NCCS(=O)C(C)(C)C.I. The van der Waals surface area contributed by atoms with Gasteiger partial charge in [0.05, 0.1) is 0 Å². The van der Waals surface area contributed by atoms with Gasteiger partial charge in [0.25, 0.3) is 0 Å². The lowest BCUT2D eigenvalue weighted by molar-refractivity contribution is 0.283. The van der Waals surface area contributed by atoms with E-state index in [0.29, 0.717) is 12.3 Å². The number of halogens is 1. The van der Waals surface area contributed by atoms with E-state index in [1.54, 1.807) is 0 Å². The summed E-state index contributed by atoms with van der Waals surface area (Å²) >= 11 is 0. The summed E-state index contributed by atoms with van der Waals surface area (Å²) in [5.41, 5.74) is 0. The molecule has 1 aliphatic rings. The third-order valence-corrected chi connectivity index (χ3v) is 6.15. The maximum Gasteiger partial charge on any atom is 0.191 e. The number of hydrogen-bond acceptors (Lipinski definition) is 3. The van der Waals surface area contributed by atoms with Gasteiger partial charge in [-0.2, -0.15) is 0 Å². The van der Waals surface area contributed by atoms with Crippen molar-refractivity contribution in [2.45, 2.75) is 64.5 Å². The molecule has 1 fully saturated rings. The molecule has 0 spiro atoms. The molecule has 0 aromatic heterocycles. The highest BCUT2D eigenvalue weighted by atomic mass is 127. The Morgan fingerprint density at radius 2 is 1.76 bits per heavy atom. The Labute approximate surface area is 174 Å². The zero-order valence-corrected chi connectivity index (χ0v) is 19.8. The minimum atomic E-state index is -0.822. The van der Waals surface area contributed by atoms with E-state index < -0.39 is 10.8 Å². The molecule has 7 heteroatoms. The standard InChI is InChI=1S/C18H38N4OS.HI/c1-5-19-17(21-12-16-24(23)18(2,3)4)20-11-10-15-22-13-8-6-7-9-14-22;/h5-16H2,1-4H3,(H2,19,20,21);1H. The van der Waals surface area contributed by atoms with E-state index in [2.05, 4.69) is 27.4 Å². The first-order valence-electron chi connectivity index (χ1n) is 9.56. The number of hydrogen-bond donors (Lipinski definition) is 2. The van der Waals surface area contributed by atoms with Gasteiger partial charge in [0.2, 0.25) is 0 Å². The lowest BCUT2D eigenvalue weighted by Crippen LogP contribution is -2.40. The van der Waals surface area contributed by atoms with E-state index in [1.807, 2.05) is 20.8 Å². The number of nitrogens with one attached hydrogen (secondary N) is 2. The van der Waals surface area contributed by atoms with Gasteiger partial charge in [-0.05, 0) is 66.6 Å². The van der Waals surface area contributed by atoms with E-state index in [9.17, 15) is 4.21 Å². The molecular formula is C18H39IN4OS. The van der Waals surface area contributed by atoms with Gasteiger partial charge < -0.3 is 15.5 Å². The molecule has 0 aromatic carbocycles. The largest absolute Gasteiger partial charge is 0.357 e. The molecule has 0 aliphatic carbocycles. The zero-order chi connectivity index (χ0) is 17.8. The van der Waals surface area contributed by atoms with Crippen molar-refractivity contribution in [2.75, 3.05) is 45.0 Å². The fourth-order valence-corrected chi connectivity index (χ4v) is 3.65. The van der Waals surface area contributed by atoms with Gasteiger partial charge in [-0.15, -0.1) is 24.0 Å². The summed E-state index contributed by atoms with van der Waals surface area (Å²) in [5, 5.41) is 6.57. The van der Waals surface area contributed by atoms with Crippen LogP contribution in [0.3, 0.4) is 0 Å². The van der Waals surface area contributed by atoms with Crippen LogP contribution in [-0.4, -0.2) is 64.8 Å². The fraction of sp³-hybridized carbons (Fsp3) is 0.944. The van der Waals surface area contributed by atoms with Crippen LogP contribution in [0.2, 0.25) is 0 Å². The number of guanidine groups is 1. The number of rotatable bonds is 8. The maximum atomic E-state index is 12.1. The third kappa shape index (κ3) is 12.2. The number of nitrogens with zero attached hydrogens (tertiary/aromatic N) is 2. The molecule has 0 saturated carbocycles. The molecule has 150 valence electrons. The van der Waals surface area contributed by atoms with E-state index in [-0.39, 0.29) is 28.7 Å². The molecule has 1 saturated heterocycles. The highest BCUT2D eigenvalue weighted by Gasteiger charge is 2.18. The molecule has 1 rings (SSSR count). The zero-order valence-electron chi connectivity index (χ0n) is 16.6. The van der Waals surface area contributed by atoms with E-state index in [4.69, 9.17) is 0 Å². The maximum absolute atomic E-state index is 12.1. The topological polar surface area (TPSA) is 56.7 Å². The van der Waals surface area contributed by atoms with Crippen LogP contribution < -0.4 is 10.6 Å². The molecule has 2 N–H and O–H groups in total. The number of aliphatic imine (C=N–C) groups is 1. The first-order valence-corrected chi connectivity index (χ1v) is 10.9. The van der Waals surface area contributed by atoms with Crippen molar-refractivity contribution in [1.82, 2.24) is 15.5 Å². The Morgan fingerprint density at radius 1 is 1.12 bits per heavy atom. The first kappa shape index (κ1) is 25.1. The summed E-state index contributed by atoms with van der Waals surface area (Å²) in [6, 6.07) is 0. The van der Waals surface area contributed by atoms with Crippen LogP contribution in [0.25, 0.3) is 0 Å². The van der Waals surface area contributed by atoms with Crippen molar-refractivity contribution in [3.8, 4) is 0 Å². The van der Waals surface area contributed by atoms with Crippen LogP contribution in [0, 0.1) is 0 Å². The van der Waals surface area contributed by atoms with E-state index in [1.165, 1.54) is 38.8 Å². The van der Waals surface area contributed by atoms with Crippen molar-refractivity contribution in [3.63, 3.8) is 0 Å². The highest BCUT2D eigenvalue weighted by molar-refractivity contribution is 14.0. The lowest BCUT2D eigenvalue weighted by atomic mass is 10.2. The average Bonchev–Trinajstić information content (AvgIpc) is 2.79. The van der Waals surface area contributed by atoms with Gasteiger partial charge in [-0.25, -0.2) is 0 Å². The second-order valence-corrected chi connectivity index (χ2v) is 9.78. The first-order chi connectivity index (χ1) is 11.4. The Kier molecular flexibility index (Phi) is 14.3. The Balaban J connectivity index is 0.00000576. The molecule has 1 unspecified atom stereocenters. The van der Waals surface area contributed by atoms with Crippen molar-refractivity contribution in [2.24, 2.45) is 4.99 Å². The molecule has 1 atom stereocenters. The molecule has 0 radical (unpaired) electrons. The van der Waals surface area contributed by atoms with Crippen molar-refractivity contribution in [1.29, 1.82) is 0 Å². The van der Waals surface area contributed by atoms with Gasteiger partial charge in [-0.1, -0.05) is 12.8 Å². The lowest BCUT2D eigenvalue weighted by Gasteiger charge is -2.19. The molecule has 1 aliphatic heterocycles. The monoisotopic (exact) mass is 486 g/mol. The third-order valence-electron chi connectivity index (χ3n) is 4.21. The molecule has 25 heavy (non-hydrogen) atoms. The summed E-state index contributed by atoms with van der Waals surface area (Å²) < 4.78 is 11.9. The van der Waals surface area contributed by atoms with Crippen LogP contribution in [0.5, 0.6) is 0 Å². The highest BCUT2D eigenvalue weighted by Crippen LogP contribution is 2.10. The number of likely N-dealkylation sites (tertiary alicyclic amines) is 1. The molecule has 1 heterocycles. The van der Waals surface area contributed by atoms with Crippen molar-refractivity contribution in [3.05, 3.63) is 0 Å². The van der Waals surface area contributed by atoms with Crippen molar-refractivity contribution < 1.29 is 4.21 Å². The average molecular weight is 487 g/mol. The second-order valence-electron chi connectivity index (χ2n) is 7.46. The van der Waals surface area contributed by atoms with Crippen LogP contribution in [0.15, 0.2) is 4.99 Å². The summed E-state index contributed by atoms with van der Waals surface area (Å²) in [5.74, 6) is 1.50. The summed E-state index contributed by atoms with van der Waals surface area (Å²) in [7, 11) is -0.822. The van der Waals surface area contributed by atoms with Crippen LogP contribution >= 0.6 is 24.0 Å². The Morgan fingerprint density at radius 3 is 2.32 bits per heavy atom. The Bertz CT molecular complexity index is 391. The van der Waals surface area contributed by atoms with Gasteiger partial charge in [0.15, 0.2) is 5.96 Å². The fourth-order valence-electron chi connectivity index (χ4n) is 2.76. The van der Waals surface area contributed by atoms with Crippen LogP contribution in [0.4, 0.5) is 0 Å². The minimum Gasteiger partial charge on any atom is -0.357 e. The van der Waals surface area contributed by atoms with E-state index in [0.717, 1.165) is 32.0 Å². The predicted molar refractivity (Wildman–Crippen MR) is 122 cm³/mol. The minimum absolute atomic E-state index is 0. The van der Waals surface area contributed by atoms with Gasteiger partial charge in [-0.3, -0.25) is 9.20 Å². The molecule has 5 nitrogen and oxygen atoms in total. The molecule has 0 bridgehead atoms. The summed E-state index contributed by atoms with van der Waals surface area (Å²) in [6.45, 7) is 14.2.